The molecule has 3 N–H and O–H groups in total. The molecule has 8 nitrogen and oxygen atoms in total. The number of anilines is 1. The van der Waals surface area contributed by atoms with Gasteiger partial charge in [-0.3, -0.25) is 0 Å². The quantitative estimate of drug-likeness (QED) is 0.328. The summed E-state index contributed by atoms with van der Waals surface area (Å²) >= 11 is 0. The number of benzene rings is 1. The highest BCUT2D eigenvalue weighted by molar-refractivity contribution is 5.85. The summed E-state index contributed by atoms with van der Waals surface area (Å²) in [4.78, 5) is 23.9. The van der Waals surface area contributed by atoms with Gasteiger partial charge in [0.1, 0.15) is 11.9 Å². The molecule has 1 aromatic heterocycles. The van der Waals surface area contributed by atoms with Crippen molar-refractivity contribution in [3.05, 3.63) is 40.2 Å². The molecule has 156 valence electrons. The Morgan fingerprint density at radius 3 is 2.46 bits per heavy atom. The molecule has 0 saturated carbocycles. The summed E-state index contributed by atoms with van der Waals surface area (Å²) in [5.41, 5.74) is 6.96. The predicted molar refractivity (Wildman–Crippen MR) is 111 cm³/mol. The molecule has 0 bridgehead atoms. The summed E-state index contributed by atoms with van der Waals surface area (Å²) in [5, 5.41) is 3.79. The minimum Gasteiger partial charge on any atom is -0.423 e. The Kier molecular flexibility index (Phi) is 11.8. The van der Waals surface area contributed by atoms with E-state index in [1.54, 1.807) is 6.07 Å². The van der Waals surface area contributed by atoms with Crippen LogP contribution in [0.4, 0.5) is 5.69 Å². The summed E-state index contributed by atoms with van der Waals surface area (Å²) in [5.74, 6) is 0. The number of rotatable bonds is 11. The molecule has 0 amide bonds. The standard InChI is InChI=1S/C13H13NO3.C7H18N2O2/c1-14(2)10-3-4-11-9(5-6-15)7-13(16)17-12(11)8-10;1-9-3-5-11-7-6-10-4-2-8/h3-4,6-8H,5H2,1-2H3;9H,2-8H2,1H3. The highest BCUT2D eigenvalue weighted by Gasteiger charge is 2.06. The third-order valence-electron chi connectivity index (χ3n) is 3.76. The average Bonchev–Trinajstić information content (AvgIpc) is 2.67. The lowest BCUT2D eigenvalue weighted by atomic mass is 10.1. The number of nitrogens with two attached hydrogens (primary N) is 1. The molecular formula is C20H31N3O5. The maximum absolute atomic E-state index is 11.4. The fraction of sp³-hybridized carbons (Fsp3) is 0.500. The number of nitrogens with zero attached hydrogens (tertiary/aromatic N) is 1. The Bertz CT molecular complexity index is 753. The first-order chi connectivity index (χ1) is 13.5. The monoisotopic (exact) mass is 393 g/mol. The Labute approximate surface area is 165 Å². The van der Waals surface area contributed by atoms with E-state index in [9.17, 15) is 9.59 Å². The van der Waals surface area contributed by atoms with Crippen LogP contribution < -0.4 is 21.6 Å². The molecular weight excluding hydrogens is 362 g/mol. The van der Waals surface area contributed by atoms with Crippen molar-refractivity contribution in [2.45, 2.75) is 6.42 Å². The number of fused-ring (bicyclic) bond motifs is 1. The van der Waals surface area contributed by atoms with Crippen molar-refractivity contribution < 1.29 is 18.7 Å². The molecule has 0 aliphatic rings. The fourth-order valence-electron chi connectivity index (χ4n) is 2.33. The SMILES string of the molecule is CN(C)c1ccc2c(CC=O)cc(=O)oc2c1.CNCCOCCOCCN. The topological polar surface area (TPSA) is 107 Å². The van der Waals surface area contributed by atoms with Crippen LogP contribution in [0.2, 0.25) is 0 Å². The van der Waals surface area contributed by atoms with Gasteiger partial charge in [0.2, 0.25) is 0 Å². The third-order valence-corrected chi connectivity index (χ3v) is 3.76. The van der Waals surface area contributed by atoms with Gasteiger partial charge in [0.05, 0.1) is 26.4 Å². The number of likely N-dealkylation sites (N-methyl/N-ethyl adjacent to an activating group) is 1. The van der Waals surface area contributed by atoms with Crippen LogP contribution in [0.3, 0.4) is 0 Å². The Balaban J connectivity index is 0.000000311. The molecule has 0 fully saturated rings. The van der Waals surface area contributed by atoms with Crippen molar-refractivity contribution >= 4 is 22.9 Å². The van der Waals surface area contributed by atoms with Gasteiger partial charge < -0.3 is 34.6 Å². The summed E-state index contributed by atoms with van der Waals surface area (Å²) in [6, 6.07) is 6.96. The minimum absolute atomic E-state index is 0.226. The maximum Gasteiger partial charge on any atom is 0.336 e. The van der Waals surface area contributed by atoms with Crippen molar-refractivity contribution in [2.75, 3.05) is 65.6 Å². The van der Waals surface area contributed by atoms with E-state index in [2.05, 4.69) is 5.32 Å². The number of hydrogen-bond acceptors (Lipinski definition) is 8. The largest absolute Gasteiger partial charge is 0.423 e. The van der Waals surface area contributed by atoms with Gasteiger partial charge in [-0.2, -0.15) is 0 Å². The Morgan fingerprint density at radius 2 is 1.86 bits per heavy atom. The van der Waals surface area contributed by atoms with E-state index >= 15 is 0 Å². The lowest BCUT2D eigenvalue weighted by Gasteiger charge is -2.12. The zero-order valence-electron chi connectivity index (χ0n) is 16.9. The second-order valence-corrected chi connectivity index (χ2v) is 6.15. The smallest absolute Gasteiger partial charge is 0.336 e. The van der Waals surface area contributed by atoms with Gasteiger partial charge in [0, 0.05) is 56.8 Å². The summed E-state index contributed by atoms with van der Waals surface area (Å²) < 4.78 is 15.4. The zero-order valence-corrected chi connectivity index (χ0v) is 16.9. The molecule has 2 rings (SSSR count). The van der Waals surface area contributed by atoms with Crippen molar-refractivity contribution in [3.63, 3.8) is 0 Å². The number of nitrogens with one attached hydrogen (secondary N) is 1. The van der Waals surface area contributed by atoms with Gasteiger partial charge >= 0.3 is 5.63 Å². The van der Waals surface area contributed by atoms with Crippen molar-refractivity contribution in [2.24, 2.45) is 5.73 Å². The normalized spacial score (nSPS) is 10.4. The van der Waals surface area contributed by atoms with Gasteiger partial charge in [-0.1, -0.05) is 0 Å². The maximum atomic E-state index is 11.4. The molecule has 1 aromatic carbocycles. The molecule has 0 atom stereocenters. The van der Waals surface area contributed by atoms with Gasteiger partial charge in [0.15, 0.2) is 0 Å². The zero-order chi connectivity index (χ0) is 20.8. The molecule has 0 aliphatic carbocycles. The minimum atomic E-state index is -0.426. The van der Waals surface area contributed by atoms with E-state index in [1.807, 2.05) is 38.2 Å². The second-order valence-electron chi connectivity index (χ2n) is 6.15. The summed E-state index contributed by atoms with van der Waals surface area (Å²) in [7, 11) is 5.72. The number of ether oxygens (including phenoxy) is 2. The van der Waals surface area contributed by atoms with Gasteiger partial charge in [-0.25, -0.2) is 4.79 Å². The van der Waals surface area contributed by atoms with Crippen LogP contribution in [0.1, 0.15) is 5.56 Å². The number of carbonyl (C=O) groups excluding carboxylic acids is 1. The lowest BCUT2D eigenvalue weighted by Crippen LogP contribution is -2.17. The highest BCUT2D eigenvalue weighted by Crippen LogP contribution is 2.22. The molecule has 8 heteroatoms. The number of aldehydes is 1. The molecule has 0 saturated heterocycles. The summed E-state index contributed by atoms with van der Waals surface area (Å²) in [6.45, 7) is 4.12. The van der Waals surface area contributed by atoms with E-state index in [1.165, 1.54) is 6.07 Å². The van der Waals surface area contributed by atoms with Crippen LogP contribution in [0.5, 0.6) is 0 Å². The fourth-order valence-corrected chi connectivity index (χ4v) is 2.33. The van der Waals surface area contributed by atoms with E-state index in [0.29, 0.717) is 37.5 Å². The molecule has 0 spiro atoms. The lowest BCUT2D eigenvalue weighted by molar-refractivity contribution is -0.107. The van der Waals surface area contributed by atoms with Crippen molar-refractivity contribution in [1.29, 1.82) is 0 Å². The van der Waals surface area contributed by atoms with Crippen LogP contribution in [-0.4, -0.2) is 66.9 Å². The number of hydrogen-bond donors (Lipinski definition) is 2. The van der Waals surface area contributed by atoms with Crippen molar-refractivity contribution in [1.82, 2.24) is 5.32 Å². The molecule has 2 aromatic rings. The first-order valence-corrected chi connectivity index (χ1v) is 9.21. The van der Waals surface area contributed by atoms with Crippen LogP contribution in [0.25, 0.3) is 11.0 Å². The van der Waals surface area contributed by atoms with E-state index in [0.717, 1.165) is 30.5 Å². The average molecular weight is 393 g/mol. The predicted octanol–water partition coefficient (Wildman–Crippen LogP) is 0.798. The molecule has 0 radical (unpaired) electrons. The van der Waals surface area contributed by atoms with Crippen molar-refractivity contribution in [3.8, 4) is 0 Å². The molecule has 0 unspecified atom stereocenters. The van der Waals surface area contributed by atoms with Crippen LogP contribution >= 0.6 is 0 Å². The highest BCUT2D eigenvalue weighted by atomic mass is 16.5. The summed E-state index contributed by atoms with van der Waals surface area (Å²) in [6.07, 6.45) is 1.01. The Hall–Kier alpha value is -2.26. The van der Waals surface area contributed by atoms with Gasteiger partial charge in [0.25, 0.3) is 0 Å². The van der Waals surface area contributed by atoms with E-state index in [4.69, 9.17) is 19.6 Å². The van der Waals surface area contributed by atoms with Gasteiger partial charge in [-0.05, 0) is 24.7 Å². The molecule has 1 heterocycles. The molecule has 28 heavy (non-hydrogen) atoms. The molecule has 0 aliphatic heterocycles. The Morgan fingerprint density at radius 1 is 1.14 bits per heavy atom. The van der Waals surface area contributed by atoms with Crippen LogP contribution in [0.15, 0.2) is 33.5 Å². The first-order valence-electron chi connectivity index (χ1n) is 9.21. The van der Waals surface area contributed by atoms with Crippen LogP contribution in [-0.2, 0) is 20.7 Å². The third kappa shape index (κ3) is 8.62. The first kappa shape index (κ1) is 23.8. The van der Waals surface area contributed by atoms with E-state index < -0.39 is 5.63 Å². The van der Waals surface area contributed by atoms with Gasteiger partial charge in [-0.15, -0.1) is 0 Å². The van der Waals surface area contributed by atoms with E-state index in [-0.39, 0.29) is 6.42 Å². The second kappa shape index (κ2) is 13.8. The number of carbonyl (C=O) groups is 1. The van der Waals surface area contributed by atoms with Crippen LogP contribution in [0, 0.1) is 0 Å².